The van der Waals surface area contributed by atoms with Crippen LogP contribution in [0.3, 0.4) is 0 Å². The number of halogens is 1. The first kappa shape index (κ1) is 18.7. The number of ether oxygens (including phenoxy) is 1. The molecule has 0 atom stereocenters. The molecule has 0 saturated carbocycles. The van der Waals surface area contributed by atoms with E-state index < -0.39 is 11.8 Å². The Hall–Kier alpha value is -2.60. The molecule has 25 heavy (non-hydrogen) atoms. The van der Waals surface area contributed by atoms with Crippen LogP contribution in [-0.4, -0.2) is 18.4 Å². The molecule has 0 aliphatic carbocycles. The molecular formula is C19H19BrN2O3. The molecule has 0 aromatic heterocycles. The van der Waals surface area contributed by atoms with E-state index in [0.29, 0.717) is 5.75 Å². The number of hydrazine groups is 1. The van der Waals surface area contributed by atoms with E-state index in [1.807, 2.05) is 56.3 Å². The lowest BCUT2D eigenvalue weighted by Crippen LogP contribution is -2.43. The van der Waals surface area contributed by atoms with Crippen LogP contribution in [0.15, 0.2) is 53.0 Å². The Labute approximate surface area is 155 Å². The van der Waals surface area contributed by atoms with E-state index >= 15 is 0 Å². The fraction of sp³-hybridized carbons (Fsp3) is 0.158. The van der Waals surface area contributed by atoms with Crippen molar-refractivity contribution in [2.75, 3.05) is 6.61 Å². The quantitative estimate of drug-likeness (QED) is 0.595. The summed E-state index contributed by atoms with van der Waals surface area (Å²) in [7, 11) is 0. The lowest BCUT2D eigenvalue weighted by molar-refractivity contribution is -0.128. The summed E-state index contributed by atoms with van der Waals surface area (Å²) in [5, 5.41) is 0. The number of aryl methyl sites for hydroxylation is 2. The Balaban J connectivity index is 1.77. The van der Waals surface area contributed by atoms with Gasteiger partial charge in [-0.2, -0.15) is 0 Å². The van der Waals surface area contributed by atoms with E-state index in [9.17, 15) is 9.59 Å². The molecule has 0 fully saturated rings. The van der Waals surface area contributed by atoms with Gasteiger partial charge in [-0.1, -0.05) is 40.2 Å². The second-order valence-corrected chi connectivity index (χ2v) is 6.36. The van der Waals surface area contributed by atoms with Crippen LogP contribution in [0.1, 0.15) is 16.7 Å². The van der Waals surface area contributed by atoms with E-state index in [-0.39, 0.29) is 6.61 Å². The normalized spacial score (nSPS) is 10.5. The molecule has 5 nitrogen and oxygen atoms in total. The summed E-state index contributed by atoms with van der Waals surface area (Å²) in [6.07, 6.45) is 2.99. The van der Waals surface area contributed by atoms with Crippen molar-refractivity contribution in [2.24, 2.45) is 0 Å². The molecule has 2 aromatic rings. The van der Waals surface area contributed by atoms with Gasteiger partial charge in [-0.05, 0) is 54.8 Å². The van der Waals surface area contributed by atoms with Crippen molar-refractivity contribution >= 4 is 33.8 Å². The highest BCUT2D eigenvalue weighted by atomic mass is 79.9. The van der Waals surface area contributed by atoms with Crippen LogP contribution in [0.2, 0.25) is 0 Å². The van der Waals surface area contributed by atoms with Crippen molar-refractivity contribution in [1.82, 2.24) is 10.9 Å². The number of benzene rings is 2. The zero-order chi connectivity index (χ0) is 18.2. The van der Waals surface area contributed by atoms with E-state index in [4.69, 9.17) is 4.74 Å². The summed E-state index contributed by atoms with van der Waals surface area (Å²) in [5.74, 6) is -0.259. The topological polar surface area (TPSA) is 67.4 Å². The summed E-state index contributed by atoms with van der Waals surface area (Å²) < 4.78 is 6.30. The molecule has 0 unspecified atom stereocenters. The second-order valence-electron chi connectivity index (χ2n) is 5.50. The van der Waals surface area contributed by atoms with Crippen LogP contribution in [0, 0.1) is 13.8 Å². The Kier molecular flexibility index (Phi) is 6.77. The lowest BCUT2D eigenvalue weighted by Gasteiger charge is -2.09. The van der Waals surface area contributed by atoms with Gasteiger partial charge in [-0.3, -0.25) is 20.4 Å². The molecule has 130 valence electrons. The zero-order valence-corrected chi connectivity index (χ0v) is 15.6. The van der Waals surface area contributed by atoms with Gasteiger partial charge in [0.2, 0.25) is 0 Å². The molecular weight excluding hydrogens is 384 g/mol. The van der Waals surface area contributed by atoms with Crippen LogP contribution in [0.25, 0.3) is 6.08 Å². The fourth-order valence-corrected chi connectivity index (χ4v) is 2.57. The SMILES string of the molecule is Cc1cc(C)cc(OCC(=O)NNC(=O)/C=C/c2ccccc2Br)c1. The number of amides is 2. The first-order chi connectivity index (χ1) is 11.9. The van der Waals surface area contributed by atoms with Crippen molar-refractivity contribution in [3.05, 3.63) is 69.7 Å². The van der Waals surface area contributed by atoms with Crippen molar-refractivity contribution in [1.29, 1.82) is 0 Å². The standard InChI is InChI=1S/C19H19BrN2O3/c1-13-9-14(2)11-16(10-13)25-12-19(24)22-21-18(23)8-7-15-5-3-4-6-17(15)20/h3-11H,12H2,1-2H3,(H,21,23)(H,22,24)/b8-7+. The first-order valence-electron chi connectivity index (χ1n) is 7.66. The molecule has 2 rings (SSSR count). The zero-order valence-electron chi connectivity index (χ0n) is 14.0. The molecule has 0 radical (unpaired) electrons. The van der Waals surface area contributed by atoms with E-state index in [2.05, 4.69) is 26.8 Å². The maximum Gasteiger partial charge on any atom is 0.276 e. The van der Waals surface area contributed by atoms with Gasteiger partial charge in [-0.25, -0.2) is 0 Å². The highest BCUT2D eigenvalue weighted by Gasteiger charge is 2.05. The van der Waals surface area contributed by atoms with Crippen LogP contribution < -0.4 is 15.6 Å². The average Bonchev–Trinajstić information content (AvgIpc) is 2.56. The third-order valence-electron chi connectivity index (χ3n) is 3.21. The molecule has 0 spiro atoms. The molecule has 2 N–H and O–H groups in total. The third kappa shape index (κ3) is 6.43. The summed E-state index contributed by atoms with van der Waals surface area (Å²) in [5.41, 5.74) is 7.59. The minimum Gasteiger partial charge on any atom is -0.484 e. The first-order valence-corrected chi connectivity index (χ1v) is 8.46. The molecule has 0 bridgehead atoms. The summed E-state index contributed by atoms with van der Waals surface area (Å²) >= 11 is 3.39. The van der Waals surface area contributed by atoms with Crippen LogP contribution in [0.5, 0.6) is 5.75 Å². The molecule has 2 amide bonds. The Morgan fingerprint density at radius 1 is 1.08 bits per heavy atom. The Morgan fingerprint density at radius 3 is 2.44 bits per heavy atom. The van der Waals surface area contributed by atoms with E-state index in [1.54, 1.807) is 6.08 Å². The second kappa shape index (κ2) is 9.03. The van der Waals surface area contributed by atoms with E-state index in [1.165, 1.54) is 6.08 Å². The van der Waals surface area contributed by atoms with Gasteiger partial charge in [0, 0.05) is 10.5 Å². The summed E-state index contributed by atoms with van der Waals surface area (Å²) in [6.45, 7) is 3.73. The van der Waals surface area contributed by atoms with Crippen LogP contribution in [-0.2, 0) is 9.59 Å². The number of nitrogens with one attached hydrogen (secondary N) is 2. The minimum atomic E-state index is -0.443. The van der Waals surface area contributed by atoms with Crippen molar-refractivity contribution in [3.8, 4) is 5.75 Å². The maximum atomic E-state index is 11.7. The molecule has 6 heteroatoms. The van der Waals surface area contributed by atoms with Crippen LogP contribution in [0.4, 0.5) is 0 Å². The van der Waals surface area contributed by atoms with Crippen molar-refractivity contribution in [2.45, 2.75) is 13.8 Å². The minimum absolute atomic E-state index is 0.183. The number of rotatable bonds is 5. The lowest BCUT2D eigenvalue weighted by atomic mass is 10.1. The van der Waals surface area contributed by atoms with Gasteiger partial charge in [0.25, 0.3) is 11.8 Å². The summed E-state index contributed by atoms with van der Waals surface area (Å²) in [6, 6.07) is 13.2. The van der Waals surface area contributed by atoms with Gasteiger partial charge in [0.15, 0.2) is 6.61 Å². The van der Waals surface area contributed by atoms with Crippen molar-refractivity contribution in [3.63, 3.8) is 0 Å². The Bertz CT molecular complexity index is 783. The highest BCUT2D eigenvalue weighted by Crippen LogP contribution is 2.17. The smallest absolute Gasteiger partial charge is 0.276 e. The summed E-state index contributed by atoms with van der Waals surface area (Å²) in [4.78, 5) is 23.5. The maximum absolute atomic E-state index is 11.7. The molecule has 2 aromatic carbocycles. The molecule has 0 aliphatic heterocycles. The Morgan fingerprint density at radius 2 is 1.76 bits per heavy atom. The largest absolute Gasteiger partial charge is 0.484 e. The van der Waals surface area contributed by atoms with Crippen molar-refractivity contribution < 1.29 is 14.3 Å². The third-order valence-corrected chi connectivity index (χ3v) is 3.93. The number of carbonyl (C=O) groups excluding carboxylic acids is 2. The van der Waals surface area contributed by atoms with Gasteiger partial charge >= 0.3 is 0 Å². The number of hydrogen-bond acceptors (Lipinski definition) is 3. The predicted octanol–water partition coefficient (Wildman–Crippen LogP) is 3.31. The predicted molar refractivity (Wildman–Crippen MR) is 101 cm³/mol. The fourth-order valence-electron chi connectivity index (χ4n) is 2.15. The van der Waals surface area contributed by atoms with E-state index in [0.717, 1.165) is 21.2 Å². The van der Waals surface area contributed by atoms with Gasteiger partial charge in [0.1, 0.15) is 5.75 Å². The highest BCUT2D eigenvalue weighted by molar-refractivity contribution is 9.10. The monoisotopic (exact) mass is 402 g/mol. The molecule has 0 aliphatic rings. The van der Waals surface area contributed by atoms with Crippen LogP contribution >= 0.6 is 15.9 Å². The number of carbonyl (C=O) groups is 2. The average molecular weight is 403 g/mol. The van der Waals surface area contributed by atoms with Gasteiger partial charge in [-0.15, -0.1) is 0 Å². The van der Waals surface area contributed by atoms with Gasteiger partial charge < -0.3 is 4.74 Å². The molecule has 0 heterocycles. The molecule has 0 saturated heterocycles. The van der Waals surface area contributed by atoms with Gasteiger partial charge in [0.05, 0.1) is 0 Å². The number of hydrogen-bond donors (Lipinski definition) is 2.